The summed E-state index contributed by atoms with van der Waals surface area (Å²) in [6.07, 6.45) is 5.62. The Morgan fingerprint density at radius 1 is 1.14 bits per heavy atom. The van der Waals surface area contributed by atoms with Gasteiger partial charge in [0.05, 0.1) is 6.20 Å². The number of nitrogens with one attached hydrogen (secondary N) is 2. The van der Waals surface area contributed by atoms with Crippen molar-refractivity contribution in [3.63, 3.8) is 0 Å². The molecule has 3 aromatic rings. The fourth-order valence-electron chi connectivity index (χ4n) is 2.13. The first-order valence-electron chi connectivity index (χ1n) is 7.05. The lowest BCUT2D eigenvalue weighted by Crippen LogP contribution is -2.06. The Balaban J connectivity index is 1.72. The van der Waals surface area contributed by atoms with E-state index in [-0.39, 0.29) is 0 Å². The van der Waals surface area contributed by atoms with Crippen LogP contribution in [0.15, 0.2) is 36.8 Å². The van der Waals surface area contributed by atoms with Crippen LogP contribution in [-0.2, 0) is 0 Å². The average Bonchev–Trinajstić information content (AvgIpc) is 3.32. The van der Waals surface area contributed by atoms with Crippen LogP contribution in [0.1, 0.15) is 12.8 Å². The van der Waals surface area contributed by atoms with E-state index in [9.17, 15) is 0 Å². The molecule has 6 nitrogen and oxygen atoms in total. The highest BCUT2D eigenvalue weighted by molar-refractivity contribution is 14.1. The van der Waals surface area contributed by atoms with Crippen molar-refractivity contribution in [3.8, 4) is 0 Å². The summed E-state index contributed by atoms with van der Waals surface area (Å²) in [6, 6.07) is 8.61. The van der Waals surface area contributed by atoms with Crippen LogP contribution in [0.2, 0.25) is 0 Å². The molecule has 0 unspecified atom stereocenters. The SMILES string of the molecule is Ic1cccc(Nc2ncnc3cnc(NC4CC4)nc23)c1. The molecule has 0 radical (unpaired) electrons. The normalized spacial score (nSPS) is 14.0. The molecule has 4 rings (SSSR count). The van der Waals surface area contributed by atoms with Crippen LogP contribution >= 0.6 is 22.6 Å². The molecule has 110 valence electrons. The van der Waals surface area contributed by atoms with Crippen molar-refractivity contribution in [1.82, 2.24) is 19.9 Å². The van der Waals surface area contributed by atoms with Crippen molar-refractivity contribution in [2.75, 3.05) is 10.6 Å². The summed E-state index contributed by atoms with van der Waals surface area (Å²) < 4.78 is 1.16. The van der Waals surface area contributed by atoms with E-state index >= 15 is 0 Å². The number of aromatic nitrogens is 4. The van der Waals surface area contributed by atoms with Crippen molar-refractivity contribution < 1.29 is 0 Å². The molecule has 2 aromatic heterocycles. The van der Waals surface area contributed by atoms with Gasteiger partial charge < -0.3 is 10.6 Å². The predicted octanol–water partition coefficient (Wildman–Crippen LogP) is 3.34. The number of nitrogens with zero attached hydrogens (tertiary/aromatic N) is 4. The first kappa shape index (κ1) is 13.6. The second-order valence-electron chi connectivity index (χ2n) is 5.20. The molecule has 2 heterocycles. The summed E-state index contributed by atoms with van der Waals surface area (Å²) in [5.41, 5.74) is 2.42. The predicted molar refractivity (Wildman–Crippen MR) is 94.2 cm³/mol. The van der Waals surface area contributed by atoms with Gasteiger partial charge in [0.1, 0.15) is 17.4 Å². The number of rotatable bonds is 4. The van der Waals surface area contributed by atoms with Gasteiger partial charge in [0.2, 0.25) is 5.95 Å². The molecule has 0 spiro atoms. The fourth-order valence-corrected chi connectivity index (χ4v) is 2.67. The molecule has 1 aromatic carbocycles. The minimum Gasteiger partial charge on any atom is -0.351 e. The number of hydrogen-bond donors (Lipinski definition) is 2. The summed E-state index contributed by atoms with van der Waals surface area (Å²) in [4.78, 5) is 17.4. The summed E-state index contributed by atoms with van der Waals surface area (Å²) in [6.45, 7) is 0. The molecule has 0 aliphatic heterocycles. The number of hydrogen-bond acceptors (Lipinski definition) is 6. The number of halogens is 1. The van der Waals surface area contributed by atoms with Gasteiger partial charge in [0.25, 0.3) is 0 Å². The second kappa shape index (κ2) is 5.64. The van der Waals surface area contributed by atoms with E-state index in [1.54, 1.807) is 6.20 Å². The van der Waals surface area contributed by atoms with E-state index in [4.69, 9.17) is 0 Å². The average molecular weight is 404 g/mol. The molecule has 1 saturated carbocycles. The Hall–Kier alpha value is -2.03. The molecule has 1 aliphatic carbocycles. The van der Waals surface area contributed by atoms with E-state index in [1.165, 1.54) is 19.2 Å². The molecule has 1 fully saturated rings. The second-order valence-corrected chi connectivity index (χ2v) is 6.45. The van der Waals surface area contributed by atoms with Gasteiger partial charge in [-0.3, -0.25) is 0 Å². The number of benzene rings is 1. The fraction of sp³-hybridized carbons (Fsp3) is 0.200. The van der Waals surface area contributed by atoms with E-state index in [0.717, 1.165) is 20.3 Å². The minimum absolute atomic E-state index is 0.509. The van der Waals surface area contributed by atoms with E-state index < -0.39 is 0 Å². The Morgan fingerprint density at radius 3 is 2.86 bits per heavy atom. The molecule has 0 bridgehead atoms. The highest BCUT2D eigenvalue weighted by Crippen LogP contribution is 2.26. The molecular formula is C15H13IN6. The Morgan fingerprint density at radius 2 is 2.05 bits per heavy atom. The number of fused-ring (bicyclic) bond motifs is 1. The van der Waals surface area contributed by atoms with Gasteiger partial charge >= 0.3 is 0 Å². The summed E-state index contributed by atoms with van der Waals surface area (Å²) >= 11 is 2.28. The van der Waals surface area contributed by atoms with Gasteiger partial charge in [-0.05, 0) is 53.6 Å². The molecule has 2 N–H and O–H groups in total. The van der Waals surface area contributed by atoms with Crippen molar-refractivity contribution >= 4 is 51.1 Å². The third-order valence-electron chi connectivity index (χ3n) is 3.38. The molecular weight excluding hydrogens is 391 g/mol. The van der Waals surface area contributed by atoms with E-state index in [0.29, 0.717) is 17.8 Å². The third-order valence-corrected chi connectivity index (χ3v) is 4.05. The zero-order valence-corrected chi connectivity index (χ0v) is 13.8. The first-order chi connectivity index (χ1) is 10.8. The Kier molecular flexibility index (Phi) is 3.49. The molecule has 0 amide bonds. The van der Waals surface area contributed by atoms with Gasteiger partial charge in [-0.15, -0.1) is 0 Å². The topological polar surface area (TPSA) is 75.6 Å². The highest BCUT2D eigenvalue weighted by Gasteiger charge is 2.22. The molecule has 7 heteroatoms. The maximum atomic E-state index is 4.56. The van der Waals surface area contributed by atoms with Crippen molar-refractivity contribution in [3.05, 3.63) is 40.4 Å². The zero-order valence-electron chi connectivity index (χ0n) is 11.6. The molecule has 22 heavy (non-hydrogen) atoms. The Labute approximate surface area is 140 Å². The van der Waals surface area contributed by atoms with Crippen LogP contribution in [0.25, 0.3) is 11.0 Å². The monoisotopic (exact) mass is 404 g/mol. The van der Waals surface area contributed by atoms with E-state index in [1.807, 2.05) is 18.2 Å². The lowest BCUT2D eigenvalue weighted by Gasteiger charge is -2.09. The van der Waals surface area contributed by atoms with Crippen molar-refractivity contribution in [2.45, 2.75) is 18.9 Å². The van der Waals surface area contributed by atoms with Crippen molar-refractivity contribution in [2.24, 2.45) is 0 Å². The van der Waals surface area contributed by atoms with Gasteiger partial charge in [0, 0.05) is 15.3 Å². The van der Waals surface area contributed by atoms with Gasteiger partial charge in [-0.1, -0.05) is 6.07 Å². The third kappa shape index (κ3) is 2.94. The Bertz CT molecular complexity index is 833. The quantitative estimate of drug-likeness (QED) is 0.650. The largest absolute Gasteiger partial charge is 0.351 e. The maximum Gasteiger partial charge on any atom is 0.223 e. The summed E-state index contributed by atoms with van der Waals surface area (Å²) in [7, 11) is 0. The molecule has 0 atom stereocenters. The van der Waals surface area contributed by atoms with Crippen LogP contribution < -0.4 is 10.6 Å². The highest BCUT2D eigenvalue weighted by atomic mass is 127. The maximum absolute atomic E-state index is 4.56. The lowest BCUT2D eigenvalue weighted by atomic mass is 10.3. The molecule has 1 aliphatic rings. The van der Waals surface area contributed by atoms with Gasteiger partial charge in [-0.2, -0.15) is 0 Å². The molecule has 0 saturated heterocycles. The van der Waals surface area contributed by atoms with Crippen LogP contribution in [0.3, 0.4) is 0 Å². The smallest absolute Gasteiger partial charge is 0.223 e. The van der Waals surface area contributed by atoms with Crippen LogP contribution in [0.5, 0.6) is 0 Å². The van der Waals surface area contributed by atoms with E-state index in [2.05, 4.69) is 59.2 Å². The standard InChI is InChI=1S/C15H13IN6/c16-9-2-1-3-11(6-9)20-14-13-12(18-8-19-14)7-17-15(22-13)21-10-4-5-10/h1-3,6-8,10H,4-5H2,(H,17,21,22)(H,18,19,20). The first-order valence-corrected chi connectivity index (χ1v) is 8.13. The van der Waals surface area contributed by atoms with Crippen molar-refractivity contribution in [1.29, 1.82) is 0 Å². The van der Waals surface area contributed by atoms with Crippen LogP contribution in [0.4, 0.5) is 17.5 Å². The van der Waals surface area contributed by atoms with Crippen LogP contribution in [0, 0.1) is 3.57 Å². The summed E-state index contributed by atoms with van der Waals surface area (Å²) in [5.74, 6) is 1.32. The lowest BCUT2D eigenvalue weighted by molar-refractivity contribution is 1.06. The van der Waals surface area contributed by atoms with Crippen LogP contribution in [-0.4, -0.2) is 26.0 Å². The minimum atomic E-state index is 0.509. The number of anilines is 3. The van der Waals surface area contributed by atoms with Gasteiger partial charge in [0.15, 0.2) is 5.82 Å². The zero-order chi connectivity index (χ0) is 14.9. The summed E-state index contributed by atoms with van der Waals surface area (Å²) in [5, 5.41) is 6.61. The van der Waals surface area contributed by atoms with Gasteiger partial charge in [-0.25, -0.2) is 19.9 Å².